The lowest BCUT2D eigenvalue weighted by atomic mass is 10.1. The van der Waals surface area contributed by atoms with Gasteiger partial charge in [0.05, 0.1) is 16.8 Å². The number of carbonyl (C=O) groups excluding carboxylic acids is 3. The van der Waals surface area contributed by atoms with Gasteiger partial charge in [0.2, 0.25) is 0 Å². The third-order valence-electron chi connectivity index (χ3n) is 5.96. The van der Waals surface area contributed by atoms with Crippen molar-refractivity contribution in [2.24, 2.45) is 0 Å². The third kappa shape index (κ3) is 5.75. The molecule has 0 spiro atoms. The molecule has 0 unspecified atom stereocenters. The van der Waals surface area contributed by atoms with Crippen LogP contribution in [-0.4, -0.2) is 24.5 Å². The van der Waals surface area contributed by atoms with Crippen LogP contribution >= 0.6 is 15.9 Å². The molecule has 1 fully saturated rings. The van der Waals surface area contributed by atoms with Crippen LogP contribution in [0.3, 0.4) is 0 Å². The fourth-order valence-corrected chi connectivity index (χ4v) is 4.52. The van der Waals surface area contributed by atoms with Crippen molar-refractivity contribution in [1.82, 2.24) is 5.32 Å². The number of hydrogen-bond donors (Lipinski definition) is 1. The summed E-state index contributed by atoms with van der Waals surface area (Å²) in [5.41, 5.74) is 5.04. The average Bonchev–Trinajstić information content (AvgIpc) is 2.83. The van der Waals surface area contributed by atoms with Gasteiger partial charge in [-0.05, 0) is 102 Å². The lowest BCUT2D eigenvalue weighted by molar-refractivity contribution is -0.122. The molecule has 0 radical (unpaired) electrons. The summed E-state index contributed by atoms with van der Waals surface area (Å²) >= 11 is 3.54. The normalized spacial score (nSPS) is 14.7. The highest BCUT2D eigenvalue weighted by atomic mass is 79.9. The predicted octanol–water partition coefficient (Wildman–Crippen LogP) is 6.02. The lowest BCUT2D eigenvalue weighted by Crippen LogP contribution is -2.54. The predicted molar refractivity (Wildman–Crippen MR) is 146 cm³/mol. The molecule has 0 aromatic heterocycles. The Morgan fingerprint density at radius 3 is 2.43 bits per heavy atom. The number of nitrogens with zero attached hydrogens (tertiary/aromatic N) is 1. The van der Waals surface area contributed by atoms with Gasteiger partial charge >= 0.3 is 6.03 Å². The Morgan fingerprint density at radius 1 is 0.946 bits per heavy atom. The first-order chi connectivity index (χ1) is 17.7. The molecule has 1 saturated heterocycles. The maximum absolute atomic E-state index is 13.2. The highest BCUT2D eigenvalue weighted by Gasteiger charge is 2.37. The van der Waals surface area contributed by atoms with Crippen molar-refractivity contribution in [3.05, 3.63) is 92.5 Å². The van der Waals surface area contributed by atoms with Crippen LogP contribution < -0.4 is 19.7 Å². The smallest absolute Gasteiger partial charge is 0.335 e. The van der Waals surface area contributed by atoms with Gasteiger partial charge in [0.15, 0.2) is 11.5 Å². The van der Waals surface area contributed by atoms with Gasteiger partial charge in [0.25, 0.3) is 11.8 Å². The summed E-state index contributed by atoms with van der Waals surface area (Å²) in [6, 6.07) is 15.7. The molecule has 3 aromatic rings. The van der Waals surface area contributed by atoms with E-state index in [9.17, 15) is 14.4 Å². The number of nitrogens with one attached hydrogen (secondary N) is 1. The molecule has 0 aliphatic carbocycles. The van der Waals surface area contributed by atoms with Crippen molar-refractivity contribution in [2.45, 2.75) is 34.3 Å². The minimum Gasteiger partial charge on any atom is -0.490 e. The molecule has 1 heterocycles. The van der Waals surface area contributed by atoms with Crippen molar-refractivity contribution < 1.29 is 23.9 Å². The van der Waals surface area contributed by atoms with Gasteiger partial charge in [0, 0.05) is 0 Å². The number of benzene rings is 3. The van der Waals surface area contributed by atoms with Gasteiger partial charge in [-0.25, -0.2) is 9.69 Å². The average molecular weight is 563 g/mol. The van der Waals surface area contributed by atoms with E-state index in [0.717, 1.165) is 16.0 Å². The van der Waals surface area contributed by atoms with Crippen molar-refractivity contribution in [2.75, 3.05) is 11.5 Å². The fraction of sp³-hybridized carbons (Fsp3) is 0.207. The zero-order valence-electron chi connectivity index (χ0n) is 21.1. The van der Waals surface area contributed by atoms with Crippen molar-refractivity contribution in [3.63, 3.8) is 0 Å². The largest absolute Gasteiger partial charge is 0.490 e. The van der Waals surface area contributed by atoms with Gasteiger partial charge in [0.1, 0.15) is 12.2 Å². The first kappa shape index (κ1) is 26.2. The van der Waals surface area contributed by atoms with Crippen molar-refractivity contribution in [1.29, 1.82) is 0 Å². The van der Waals surface area contributed by atoms with E-state index in [1.54, 1.807) is 30.3 Å². The minimum atomic E-state index is -0.788. The fourth-order valence-electron chi connectivity index (χ4n) is 3.95. The van der Waals surface area contributed by atoms with Gasteiger partial charge in [-0.15, -0.1) is 0 Å². The Balaban J connectivity index is 1.66. The van der Waals surface area contributed by atoms with Crippen LogP contribution in [0.5, 0.6) is 11.5 Å². The maximum atomic E-state index is 13.2. The van der Waals surface area contributed by atoms with E-state index >= 15 is 0 Å². The highest BCUT2D eigenvalue weighted by molar-refractivity contribution is 9.10. The van der Waals surface area contributed by atoms with Gasteiger partial charge in [-0.3, -0.25) is 14.9 Å². The number of imide groups is 2. The van der Waals surface area contributed by atoms with E-state index in [4.69, 9.17) is 9.47 Å². The van der Waals surface area contributed by atoms with Crippen LogP contribution in [0.25, 0.3) is 6.08 Å². The van der Waals surface area contributed by atoms with E-state index in [1.165, 1.54) is 17.2 Å². The van der Waals surface area contributed by atoms with Crippen LogP contribution in [0, 0.1) is 20.8 Å². The maximum Gasteiger partial charge on any atom is 0.335 e. The number of aryl methyl sites for hydroxylation is 3. The molecule has 4 rings (SSSR count). The molecule has 1 N–H and O–H groups in total. The minimum absolute atomic E-state index is 0.167. The number of halogens is 1. The zero-order chi connectivity index (χ0) is 26.7. The molecule has 3 aromatic carbocycles. The van der Waals surface area contributed by atoms with Crippen molar-refractivity contribution >= 4 is 45.5 Å². The second-order valence-corrected chi connectivity index (χ2v) is 9.62. The summed E-state index contributed by atoms with van der Waals surface area (Å²) < 4.78 is 12.5. The number of carbonyl (C=O) groups is 3. The number of ether oxygens (including phenoxy) is 2. The van der Waals surface area contributed by atoms with Crippen molar-refractivity contribution in [3.8, 4) is 11.5 Å². The Morgan fingerprint density at radius 2 is 1.73 bits per heavy atom. The van der Waals surface area contributed by atoms with Crippen LogP contribution in [0.4, 0.5) is 10.5 Å². The van der Waals surface area contributed by atoms with E-state index in [-0.39, 0.29) is 5.57 Å². The molecule has 37 heavy (non-hydrogen) atoms. The summed E-state index contributed by atoms with van der Waals surface area (Å²) in [5, 5.41) is 2.25. The summed E-state index contributed by atoms with van der Waals surface area (Å²) in [4.78, 5) is 39.3. The van der Waals surface area contributed by atoms with Crippen LogP contribution in [-0.2, 0) is 16.2 Å². The summed E-state index contributed by atoms with van der Waals surface area (Å²) in [5.74, 6) is -0.493. The molecular weight excluding hydrogens is 536 g/mol. The Bertz CT molecular complexity index is 1430. The summed E-state index contributed by atoms with van der Waals surface area (Å²) in [6.07, 6.45) is 1.44. The number of barbiturate groups is 1. The van der Waals surface area contributed by atoms with Crippen LogP contribution in [0.2, 0.25) is 0 Å². The topological polar surface area (TPSA) is 84.9 Å². The van der Waals surface area contributed by atoms with Gasteiger partial charge in [-0.2, -0.15) is 0 Å². The molecule has 0 saturated carbocycles. The molecule has 0 bridgehead atoms. The Hall–Kier alpha value is -3.91. The standard InChI is InChI=1S/C29H27BrN2O5/c1-5-36-25-15-21(14-24(30)26(25)37-16-20-10-9-18(3)19(4)12-20)13-23-27(33)31-29(35)32(28(23)34)22-8-6-7-17(2)11-22/h6-15H,5,16H2,1-4H3,(H,31,33,35)/b23-13+. The van der Waals surface area contributed by atoms with Gasteiger partial charge in [-0.1, -0.05) is 30.3 Å². The number of anilines is 1. The third-order valence-corrected chi connectivity index (χ3v) is 6.55. The second-order valence-electron chi connectivity index (χ2n) is 8.77. The Labute approximate surface area is 224 Å². The quantitative estimate of drug-likeness (QED) is 0.281. The molecule has 0 atom stereocenters. The number of urea groups is 1. The lowest BCUT2D eigenvalue weighted by Gasteiger charge is -2.26. The van der Waals surface area contributed by atoms with E-state index in [2.05, 4.69) is 47.2 Å². The van der Waals surface area contributed by atoms with E-state index in [1.807, 2.05) is 26.0 Å². The first-order valence-corrected chi connectivity index (χ1v) is 12.6. The molecule has 190 valence electrons. The van der Waals surface area contributed by atoms with E-state index < -0.39 is 17.8 Å². The summed E-state index contributed by atoms with van der Waals surface area (Å²) in [7, 11) is 0. The summed E-state index contributed by atoms with van der Waals surface area (Å²) in [6.45, 7) is 8.56. The first-order valence-electron chi connectivity index (χ1n) is 11.8. The number of amides is 4. The number of hydrogen-bond acceptors (Lipinski definition) is 5. The van der Waals surface area contributed by atoms with E-state index in [0.29, 0.717) is 40.4 Å². The number of rotatable bonds is 7. The Kier molecular flexibility index (Phi) is 7.78. The highest BCUT2D eigenvalue weighted by Crippen LogP contribution is 2.38. The van der Waals surface area contributed by atoms with Gasteiger partial charge < -0.3 is 9.47 Å². The SMILES string of the molecule is CCOc1cc(/C=C2\C(=O)NC(=O)N(c3cccc(C)c3)C2=O)cc(Br)c1OCc1ccc(C)c(C)c1. The monoisotopic (exact) mass is 562 g/mol. The molecule has 4 amide bonds. The molecular formula is C29H27BrN2O5. The zero-order valence-corrected chi connectivity index (χ0v) is 22.6. The molecule has 8 heteroatoms. The molecule has 1 aliphatic heterocycles. The van der Waals surface area contributed by atoms with Crippen LogP contribution in [0.1, 0.15) is 34.7 Å². The molecule has 7 nitrogen and oxygen atoms in total. The second kappa shape index (κ2) is 11.0. The molecule has 1 aliphatic rings. The van der Waals surface area contributed by atoms with Crippen LogP contribution in [0.15, 0.2) is 64.6 Å².